The summed E-state index contributed by atoms with van der Waals surface area (Å²) >= 11 is 0. The number of aryl methyl sites for hydroxylation is 1. The lowest BCUT2D eigenvalue weighted by Gasteiger charge is -2.33. The number of benzene rings is 1. The van der Waals surface area contributed by atoms with Gasteiger partial charge in [0.25, 0.3) is 0 Å². The maximum atomic E-state index is 11.6. The van der Waals surface area contributed by atoms with Crippen LogP contribution in [-0.4, -0.2) is 49.3 Å². The number of carbonyl (C=O) groups excluding carboxylic acids is 1. The summed E-state index contributed by atoms with van der Waals surface area (Å²) in [7, 11) is 4.70. The first kappa shape index (κ1) is 22.5. The van der Waals surface area contributed by atoms with E-state index in [2.05, 4.69) is 25.9 Å². The molecule has 1 amide bonds. The minimum Gasteiger partial charge on any atom is -0.493 e. The average Bonchev–Trinajstić information content (AvgIpc) is 2.76. The predicted octanol–water partition coefficient (Wildman–Crippen LogP) is 3.41. The van der Waals surface area contributed by atoms with Gasteiger partial charge in [-0.05, 0) is 19.8 Å². The molecule has 3 N–H and O–H groups in total. The lowest BCUT2D eigenvalue weighted by molar-refractivity contribution is -0.119. The van der Waals surface area contributed by atoms with Gasteiger partial charge in [0.2, 0.25) is 17.6 Å². The van der Waals surface area contributed by atoms with Crippen molar-refractivity contribution in [1.82, 2.24) is 15.3 Å². The van der Waals surface area contributed by atoms with E-state index in [1.54, 1.807) is 46.6 Å². The number of nitrogens with zero attached hydrogens (tertiary/aromatic N) is 2. The van der Waals surface area contributed by atoms with E-state index in [9.17, 15) is 4.79 Å². The van der Waals surface area contributed by atoms with Crippen molar-refractivity contribution < 1.29 is 19.0 Å². The second kappa shape index (κ2) is 10.2. The fourth-order valence-corrected chi connectivity index (χ4v) is 3.84. The second-order valence-corrected chi connectivity index (χ2v) is 7.61. The molecule has 168 valence electrons. The topological polar surface area (TPSA) is 107 Å². The monoisotopic (exact) mass is 429 g/mol. The molecule has 1 aromatic carbocycles. The van der Waals surface area contributed by atoms with Crippen LogP contribution in [0.2, 0.25) is 0 Å². The summed E-state index contributed by atoms with van der Waals surface area (Å²) in [4.78, 5) is 20.7. The Morgan fingerprint density at radius 3 is 2.26 bits per heavy atom. The predicted molar refractivity (Wildman–Crippen MR) is 120 cm³/mol. The zero-order valence-corrected chi connectivity index (χ0v) is 18.7. The van der Waals surface area contributed by atoms with Crippen LogP contribution >= 0.6 is 0 Å². The number of nitrogens with one attached hydrogen (secondary N) is 3. The van der Waals surface area contributed by atoms with E-state index in [1.807, 2.05) is 6.92 Å². The van der Waals surface area contributed by atoms with Crippen LogP contribution in [0.15, 0.2) is 18.3 Å². The van der Waals surface area contributed by atoms with Gasteiger partial charge in [-0.1, -0.05) is 12.8 Å². The Hall–Kier alpha value is -3.23. The molecule has 1 aliphatic rings. The van der Waals surface area contributed by atoms with Crippen molar-refractivity contribution in [3.63, 3.8) is 0 Å². The Bertz CT molecular complexity index is 896. The quantitative estimate of drug-likeness (QED) is 0.586. The van der Waals surface area contributed by atoms with Crippen molar-refractivity contribution in [2.75, 3.05) is 32.0 Å². The molecule has 9 heteroatoms. The smallest absolute Gasteiger partial charge is 0.229 e. The van der Waals surface area contributed by atoms with Gasteiger partial charge in [0.15, 0.2) is 11.5 Å². The largest absolute Gasteiger partial charge is 0.493 e. The number of rotatable bonds is 8. The number of amides is 1. The van der Waals surface area contributed by atoms with Crippen LogP contribution in [0.5, 0.6) is 17.2 Å². The maximum Gasteiger partial charge on any atom is 0.229 e. The number of aromatic nitrogens is 2. The van der Waals surface area contributed by atoms with E-state index in [0.717, 1.165) is 37.1 Å². The number of ether oxygens (including phenoxy) is 3. The Balaban J connectivity index is 1.82. The van der Waals surface area contributed by atoms with Gasteiger partial charge >= 0.3 is 0 Å². The third kappa shape index (κ3) is 5.48. The summed E-state index contributed by atoms with van der Waals surface area (Å²) < 4.78 is 16.2. The molecule has 1 aliphatic carbocycles. The highest BCUT2D eigenvalue weighted by atomic mass is 16.5. The summed E-state index contributed by atoms with van der Waals surface area (Å²) in [5, 5.41) is 9.79. The number of carbonyl (C=O) groups is 1. The van der Waals surface area contributed by atoms with Crippen LogP contribution in [0, 0.1) is 6.92 Å². The van der Waals surface area contributed by atoms with Crippen LogP contribution in [0.3, 0.4) is 0 Å². The lowest BCUT2D eigenvalue weighted by atomic mass is 9.90. The number of hydrogen-bond donors (Lipinski definition) is 3. The van der Waals surface area contributed by atoms with E-state index in [0.29, 0.717) is 28.9 Å². The van der Waals surface area contributed by atoms with E-state index >= 15 is 0 Å². The van der Waals surface area contributed by atoms with Gasteiger partial charge in [-0.3, -0.25) is 4.79 Å². The number of methoxy groups -OCH3 is 3. The molecule has 0 unspecified atom stereocenters. The van der Waals surface area contributed by atoms with Crippen molar-refractivity contribution in [3.8, 4) is 17.2 Å². The molecule has 0 aliphatic heterocycles. The van der Waals surface area contributed by atoms with Gasteiger partial charge < -0.3 is 30.2 Å². The fraction of sp³-hybridized carbons (Fsp3) is 0.500. The molecule has 1 saturated carbocycles. The van der Waals surface area contributed by atoms with Crippen molar-refractivity contribution in [1.29, 1.82) is 0 Å². The molecule has 0 radical (unpaired) electrons. The van der Waals surface area contributed by atoms with Crippen LogP contribution in [0.4, 0.5) is 17.5 Å². The van der Waals surface area contributed by atoms with Crippen molar-refractivity contribution >= 4 is 23.4 Å². The number of hydrogen-bond acceptors (Lipinski definition) is 8. The molecule has 9 nitrogen and oxygen atoms in total. The van der Waals surface area contributed by atoms with Gasteiger partial charge in [0.05, 0.1) is 21.3 Å². The lowest BCUT2D eigenvalue weighted by Crippen LogP contribution is -2.48. The normalized spacial score (nSPS) is 18.1. The van der Waals surface area contributed by atoms with E-state index in [4.69, 9.17) is 14.2 Å². The summed E-state index contributed by atoms with van der Waals surface area (Å²) in [6, 6.07) is 3.81. The van der Waals surface area contributed by atoms with Gasteiger partial charge in [0.1, 0.15) is 5.82 Å². The van der Waals surface area contributed by atoms with Crippen LogP contribution < -0.4 is 30.2 Å². The summed E-state index contributed by atoms with van der Waals surface area (Å²) in [5.74, 6) is 2.76. The Morgan fingerprint density at radius 2 is 1.68 bits per heavy atom. The van der Waals surface area contributed by atoms with Gasteiger partial charge in [-0.2, -0.15) is 4.98 Å². The first-order valence-corrected chi connectivity index (χ1v) is 10.4. The molecular weight excluding hydrogens is 398 g/mol. The molecule has 2 atom stereocenters. The second-order valence-electron chi connectivity index (χ2n) is 7.61. The third-order valence-corrected chi connectivity index (χ3v) is 5.37. The van der Waals surface area contributed by atoms with Crippen LogP contribution in [0.1, 0.15) is 38.2 Å². The molecule has 3 rings (SSSR count). The molecule has 1 aromatic heterocycles. The van der Waals surface area contributed by atoms with Gasteiger partial charge in [-0.15, -0.1) is 0 Å². The highest BCUT2D eigenvalue weighted by molar-refractivity contribution is 5.73. The fourth-order valence-electron chi connectivity index (χ4n) is 3.84. The van der Waals surface area contributed by atoms with E-state index in [1.165, 1.54) is 0 Å². The molecular formula is C22H31N5O4. The first-order chi connectivity index (χ1) is 14.9. The zero-order valence-electron chi connectivity index (χ0n) is 18.7. The van der Waals surface area contributed by atoms with E-state index in [-0.39, 0.29) is 18.0 Å². The maximum absolute atomic E-state index is 11.6. The van der Waals surface area contributed by atoms with Crippen molar-refractivity contribution in [3.05, 3.63) is 23.9 Å². The average molecular weight is 430 g/mol. The molecule has 0 saturated heterocycles. The third-order valence-electron chi connectivity index (χ3n) is 5.37. The molecule has 2 aromatic rings. The number of anilines is 3. The van der Waals surface area contributed by atoms with Gasteiger partial charge in [-0.25, -0.2) is 4.98 Å². The van der Waals surface area contributed by atoms with Gasteiger partial charge in [0, 0.05) is 48.6 Å². The SMILES string of the molecule is COc1cc(Nc2ncc(C)c(N[C@@H]3CCCC[C@H]3NC(C)=O)n2)cc(OC)c1OC. The molecule has 0 spiro atoms. The molecule has 1 heterocycles. The molecule has 31 heavy (non-hydrogen) atoms. The summed E-state index contributed by atoms with van der Waals surface area (Å²) in [5.41, 5.74) is 1.64. The molecule has 0 bridgehead atoms. The molecule has 1 fully saturated rings. The van der Waals surface area contributed by atoms with Crippen LogP contribution in [-0.2, 0) is 4.79 Å². The highest BCUT2D eigenvalue weighted by Crippen LogP contribution is 2.40. The van der Waals surface area contributed by atoms with Crippen molar-refractivity contribution in [2.45, 2.75) is 51.6 Å². The Labute approximate surface area is 182 Å². The Kier molecular flexibility index (Phi) is 7.38. The minimum atomic E-state index is -0.0112. The van der Waals surface area contributed by atoms with Crippen LogP contribution in [0.25, 0.3) is 0 Å². The standard InChI is InChI=1S/C22H31N5O4/c1-13-12-23-22(25-15-10-18(29-3)20(31-5)19(11-15)30-4)27-21(13)26-17-9-7-6-8-16(17)24-14(2)28/h10-12,16-17H,6-9H2,1-5H3,(H,24,28)(H2,23,25,26,27)/t16-,17-/m1/s1. The minimum absolute atomic E-state index is 0.0112. The summed E-state index contributed by atoms with van der Waals surface area (Å²) in [6.07, 6.45) is 5.93. The van der Waals surface area contributed by atoms with Crippen molar-refractivity contribution in [2.24, 2.45) is 0 Å². The van der Waals surface area contributed by atoms with E-state index < -0.39 is 0 Å². The zero-order chi connectivity index (χ0) is 22.4. The first-order valence-electron chi connectivity index (χ1n) is 10.4. The highest BCUT2D eigenvalue weighted by Gasteiger charge is 2.26. The Morgan fingerprint density at radius 1 is 1.03 bits per heavy atom. The summed E-state index contributed by atoms with van der Waals surface area (Å²) in [6.45, 7) is 3.52.